The molecule has 2 saturated heterocycles. The SMILES string of the molecule is CCOC(=O)N1CCN(C(=O)c2cccc(/C=C3\SC(=O)N(Cc4ccccc4)C3=O)c2)CC1. The van der Waals surface area contributed by atoms with Crippen LogP contribution in [-0.2, 0) is 16.1 Å². The van der Waals surface area contributed by atoms with Crippen LogP contribution in [0.5, 0.6) is 0 Å². The topological polar surface area (TPSA) is 87.2 Å². The van der Waals surface area contributed by atoms with Crippen molar-refractivity contribution in [1.29, 1.82) is 0 Å². The summed E-state index contributed by atoms with van der Waals surface area (Å²) in [6, 6.07) is 16.3. The van der Waals surface area contributed by atoms with E-state index in [4.69, 9.17) is 4.74 Å². The largest absolute Gasteiger partial charge is 0.450 e. The van der Waals surface area contributed by atoms with Gasteiger partial charge in [-0.2, -0.15) is 0 Å². The number of hydrogen-bond donors (Lipinski definition) is 0. The molecular formula is C25H25N3O5S. The highest BCUT2D eigenvalue weighted by molar-refractivity contribution is 8.18. The molecule has 2 aromatic rings. The first kappa shape index (κ1) is 23.6. The van der Waals surface area contributed by atoms with E-state index < -0.39 is 0 Å². The molecule has 176 valence electrons. The minimum Gasteiger partial charge on any atom is -0.450 e. The van der Waals surface area contributed by atoms with E-state index in [-0.39, 0.29) is 29.7 Å². The molecule has 2 fully saturated rings. The minimum atomic E-state index is -0.363. The Morgan fingerprint density at radius 2 is 1.68 bits per heavy atom. The molecule has 9 heteroatoms. The second kappa shape index (κ2) is 10.6. The van der Waals surface area contributed by atoms with Crippen LogP contribution in [0.2, 0.25) is 0 Å². The average Bonchev–Trinajstić information content (AvgIpc) is 3.12. The molecule has 2 aliphatic rings. The van der Waals surface area contributed by atoms with Crippen molar-refractivity contribution in [3.8, 4) is 0 Å². The average molecular weight is 480 g/mol. The Hall–Kier alpha value is -3.59. The van der Waals surface area contributed by atoms with Crippen LogP contribution in [0.1, 0.15) is 28.4 Å². The van der Waals surface area contributed by atoms with Crippen molar-refractivity contribution in [2.24, 2.45) is 0 Å². The number of nitrogens with zero attached hydrogens (tertiary/aromatic N) is 3. The monoisotopic (exact) mass is 479 g/mol. The van der Waals surface area contributed by atoms with Gasteiger partial charge in [0.2, 0.25) is 0 Å². The standard InChI is InChI=1S/C25H25N3O5S/c1-2-33-24(31)27-13-11-26(12-14-27)22(29)20-10-6-9-19(15-20)16-21-23(30)28(25(32)34-21)17-18-7-4-3-5-8-18/h3-10,15-16H,2,11-14,17H2,1H3/b21-16-. The first-order valence-electron chi connectivity index (χ1n) is 11.1. The molecule has 0 N–H and O–H groups in total. The van der Waals surface area contributed by atoms with Crippen molar-refractivity contribution < 1.29 is 23.9 Å². The van der Waals surface area contributed by atoms with Crippen molar-refractivity contribution in [3.63, 3.8) is 0 Å². The maximum absolute atomic E-state index is 13.0. The second-order valence-corrected chi connectivity index (χ2v) is 8.85. The van der Waals surface area contributed by atoms with Crippen LogP contribution >= 0.6 is 11.8 Å². The molecule has 4 amide bonds. The Labute approximate surface area is 202 Å². The fraction of sp³-hybridized carbons (Fsp3) is 0.280. The third-order valence-electron chi connectivity index (χ3n) is 5.58. The van der Waals surface area contributed by atoms with E-state index >= 15 is 0 Å². The molecule has 2 aliphatic heterocycles. The van der Waals surface area contributed by atoms with Crippen LogP contribution < -0.4 is 0 Å². The molecule has 0 bridgehead atoms. The Bertz CT molecular complexity index is 1130. The maximum Gasteiger partial charge on any atom is 0.409 e. The van der Waals surface area contributed by atoms with Gasteiger partial charge in [0.05, 0.1) is 18.1 Å². The zero-order valence-electron chi connectivity index (χ0n) is 18.8. The number of amides is 4. The third kappa shape index (κ3) is 5.31. The Morgan fingerprint density at radius 1 is 0.971 bits per heavy atom. The lowest BCUT2D eigenvalue weighted by molar-refractivity contribution is -0.123. The van der Waals surface area contributed by atoms with E-state index in [0.29, 0.717) is 48.8 Å². The van der Waals surface area contributed by atoms with E-state index in [2.05, 4.69) is 0 Å². The van der Waals surface area contributed by atoms with Crippen LogP contribution in [0.3, 0.4) is 0 Å². The van der Waals surface area contributed by atoms with E-state index in [0.717, 1.165) is 17.3 Å². The molecular weight excluding hydrogens is 454 g/mol. The lowest BCUT2D eigenvalue weighted by Gasteiger charge is -2.34. The number of imide groups is 1. The van der Waals surface area contributed by atoms with Crippen LogP contribution in [0.15, 0.2) is 59.5 Å². The highest BCUT2D eigenvalue weighted by Crippen LogP contribution is 2.33. The van der Waals surface area contributed by atoms with Gasteiger partial charge in [-0.1, -0.05) is 42.5 Å². The second-order valence-electron chi connectivity index (χ2n) is 7.86. The summed E-state index contributed by atoms with van der Waals surface area (Å²) in [4.78, 5) is 54.9. The summed E-state index contributed by atoms with van der Waals surface area (Å²) in [5.74, 6) is -0.485. The van der Waals surface area contributed by atoms with Gasteiger partial charge in [0.1, 0.15) is 0 Å². The number of hydrogen-bond acceptors (Lipinski definition) is 6. The maximum atomic E-state index is 13.0. The van der Waals surface area contributed by atoms with Gasteiger partial charge in [-0.05, 0) is 48.0 Å². The zero-order chi connectivity index (χ0) is 24.1. The highest BCUT2D eigenvalue weighted by atomic mass is 32.2. The molecule has 0 aromatic heterocycles. The van der Waals surface area contributed by atoms with Gasteiger partial charge in [0, 0.05) is 31.7 Å². The van der Waals surface area contributed by atoms with Gasteiger partial charge in [-0.15, -0.1) is 0 Å². The van der Waals surface area contributed by atoms with Gasteiger partial charge in [-0.25, -0.2) is 4.79 Å². The Kier molecular flexibility index (Phi) is 7.32. The third-order valence-corrected chi connectivity index (χ3v) is 6.49. The van der Waals surface area contributed by atoms with Crippen molar-refractivity contribution in [2.45, 2.75) is 13.5 Å². The molecule has 2 heterocycles. The lowest BCUT2D eigenvalue weighted by atomic mass is 10.1. The molecule has 34 heavy (non-hydrogen) atoms. The lowest BCUT2D eigenvalue weighted by Crippen LogP contribution is -2.50. The quantitative estimate of drug-likeness (QED) is 0.606. The van der Waals surface area contributed by atoms with Crippen LogP contribution in [0.4, 0.5) is 9.59 Å². The smallest absolute Gasteiger partial charge is 0.409 e. The number of piperazine rings is 1. The summed E-state index contributed by atoms with van der Waals surface area (Å²) in [5, 5.41) is -0.313. The van der Waals surface area contributed by atoms with E-state index in [9.17, 15) is 19.2 Å². The van der Waals surface area contributed by atoms with Crippen molar-refractivity contribution in [3.05, 3.63) is 76.2 Å². The number of rotatable bonds is 5. The fourth-order valence-electron chi connectivity index (χ4n) is 3.80. The molecule has 0 atom stereocenters. The summed E-state index contributed by atoms with van der Waals surface area (Å²) < 4.78 is 5.02. The number of benzene rings is 2. The van der Waals surface area contributed by atoms with E-state index in [1.54, 1.807) is 47.1 Å². The molecule has 4 rings (SSSR count). The molecule has 0 spiro atoms. The predicted octanol–water partition coefficient (Wildman–Crippen LogP) is 3.84. The fourth-order valence-corrected chi connectivity index (χ4v) is 4.64. The first-order valence-corrected chi connectivity index (χ1v) is 11.9. The molecule has 2 aromatic carbocycles. The molecule has 0 radical (unpaired) electrons. The highest BCUT2D eigenvalue weighted by Gasteiger charge is 2.35. The van der Waals surface area contributed by atoms with Crippen molar-refractivity contribution in [2.75, 3.05) is 32.8 Å². The van der Waals surface area contributed by atoms with Gasteiger partial charge in [0.15, 0.2) is 0 Å². The normalized spacial score (nSPS) is 17.4. The van der Waals surface area contributed by atoms with Crippen LogP contribution in [0.25, 0.3) is 6.08 Å². The van der Waals surface area contributed by atoms with Crippen molar-refractivity contribution >= 4 is 41.0 Å². The van der Waals surface area contributed by atoms with E-state index in [1.807, 2.05) is 30.3 Å². The summed E-state index contributed by atoms with van der Waals surface area (Å²) >= 11 is 0.899. The van der Waals surface area contributed by atoms with Gasteiger partial charge >= 0.3 is 6.09 Å². The van der Waals surface area contributed by atoms with Crippen LogP contribution in [-0.4, -0.2) is 70.6 Å². The molecule has 0 aliphatic carbocycles. The zero-order valence-corrected chi connectivity index (χ0v) is 19.6. The van der Waals surface area contributed by atoms with E-state index in [1.165, 1.54) is 4.90 Å². The number of carbonyl (C=O) groups is 4. The minimum absolute atomic E-state index is 0.143. The predicted molar refractivity (Wildman–Crippen MR) is 129 cm³/mol. The van der Waals surface area contributed by atoms with Gasteiger partial charge < -0.3 is 14.5 Å². The summed E-state index contributed by atoms with van der Waals surface area (Å²) in [7, 11) is 0. The number of carbonyl (C=O) groups excluding carboxylic acids is 4. The van der Waals surface area contributed by atoms with Gasteiger partial charge in [0.25, 0.3) is 17.1 Å². The van der Waals surface area contributed by atoms with Crippen molar-refractivity contribution in [1.82, 2.24) is 14.7 Å². The summed E-state index contributed by atoms with van der Waals surface area (Å²) in [6.45, 7) is 3.96. The first-order chi connectivity index (χ1) is 16.5. The Morgan fingerprint density at radius 3 is 2.38 bits per heavy atom. The van der Waals surface area contributed by atoms with Gasteiger partial charge in [-0.3, -0.25) is 19.3 Å². The van der Waals surface area contributed by atoms with Crippen LogP contribution in [0, 0.1) is 0 Å². The summed E-state index contributed by atoms with van der Waals surface area (Å²) in [6.07, 6.45) is 1.28. The number of thioether (sulfide) groups is 1. The molecule has 0 unspecified atom stereocenters. The molecule has 8 nitrogen and oxygen atoms in total. The summed E-state index contributed by atoms with van der Waals surface area (Å²) in [5.41, 5.74) is 2.03. The molecule has 0 saturated carbocycles. The number of ether oxygens (including phenoxy) is 1. The Balaban J connectivity index is 1.42.